The molecule has 1 aromatic heterocycles. The van der Waals surface area contributed by atoms with Crippen molar-refractivity contribution in [2.24, 2.45) is 0 Å². The molecule has 0 radical (unpaired) electrons. The first-order valence-corrected chi connectivity index (χ1v) is 7.04. The summed E-state index contributed by atoms with van der Waals surface area (Å²) in [6, 6.07) is 3.44. The summed E-state index contributed by atoms with van der Waals surface area (Å²) in [4.78, 5) is 31.2. The summed E-state index contributed by atoms with van der Waals surface area (Å²) in [6.45, 7) is 7.57. The smallest absolute Gasteiger partial charge is 0.247 e. The van der Waals surface area contributed by atoms with E-state index < -0.39 is 0 Å². The molecule has 0 atom stereocenters. The van der Waals surface area contributed by atoms with E-state index in [1.54, 1.807) is 31.1 Å². The number of pyridine rings is 1. The molecule has 0 unspecified atom stereocenters. The van der Waals surface area contributed by atoms with Gasteiger partial charge in [0.15, 0.2) is 5.82 Å². The van der Waals surface area contributed by atoms with Gasteiger partial charge in [-0.2, -0.15) is 4.98 Å². The van der Waals surface area contributed by atoms with Crippen LogP contribution in [0.4, 0.5) is 11.5 Å². The molecule has 1 aliphatic heterocycles. The fourth-order valence-electron chi connectivity index (χ4n) is 2.30. The van der Waals surface area contributed by atoms with Gasteiger partial charge in [-0.1, -0.05) is 6.58 Å². The second kappa shape index (κ2) is 6.93. The van der Waals surface area contributed by atoms with E-state index in [0.29, 0.717) is 43.6 Å². The molecule has 1 aromatic rings. The highest BCUT2D eigenvalue weighted by Gasteiger charge is 2.22. The van der Waals surface area contributed by atoms with Crippen molar-refractivity contribution in [2.45, 2.75) is 6.92 Å². The summed E-state index contributed by atoms with van der Waals surface area (Å²) in [5, 5.41) is 2.75. The van der Waals surface area contributed by atoms with E-state index in [1.165, 1.54) is 6.08 Å². The van der Waals surface area contributed by atoms with Crippen LogP contribution in [0.25, 0.3) is 0 Å². The molecular formula is C15H20N4O3. The van der Waals surface area contributed by atoms with E-state index in [-0.39, 0.29) is 11.8 Å². The Kier molecular flexibility index (Phi) is 4.98. The average molecular weight is 304 g/mol. The highest BCUT2D eigenvalue weighted by Crippen LogP contribution is 2.27. The van der Waals surface area contributed by atoms with Crippen LogP contribution in [0.15, 0.2) is 24.8 Å². The van der Waals surface area contributed by atoms with Crippen LogP contribution >= 0.6 is 0 Å². The van der Waals surface area contributed by atoms with Gasteiger partial charge in [-0.3, -0.25) is 9.59 Å². The molecule has 7 nitrogen and oxygen atoms in total. The lowest BCUT2D eigenvalue weighted by atomic mass is 10.2. The predicted molar refractivity (Wildman–Crippen MR) is 84.1 cm³/mol. The van der Waals surface area contributed by atoms with E-state index in [0.717, 1.165) is 0 Å². The number of anilines is 2. The zero-order chi connectivity index (χ0) is 16.1. The zero-order valence-electron chi connectivity index (χ0n) is 12.8. The van der Waals surface area contributed by atoms with Gasteiger partial charge < -0.3 is 19.9 Å². The lowest BCUT2D eigenvalue weighted by molar-refractivity contribution is -0.129. The Bertz CT molecular complexity index is 580. The molecule has 0 aliphatic carbocycles. The normalized spacial score (nSPS) is 14.5. The average Bonchev–Trinajstić information content (AvgIpc) is 2.55. The number of carbonyl (C=O) groups is 2. The third-order valence-corrected chi connectivity index (χ3v) is 3.53. The number of hydrogen-bond donors (Lipinski definition) is 1. The summed E-state index contributed by atoms with van der Waals surface area (Å²) in [5.41, 5.74) is 0.599. The Balaban J connectivity index is 2.22. The van der Waals surface area contributed by atoms with Crippen LogP contribution in [0.2, 0.25) is 0 Å². The fourth-order valence-corrected chi connectivity index (χ4v) is 2.30. The standard InChI is InChI=1S/C15H20N4O3/c1-4-13(21)16-12-5-6-14(22-3)17-15(12)19-9-7-18(8-10-19)11(2)20/h4-6H,1,7-10H2,2-3H3,(H,16,21). The maximum Gasteiger partial charge on any atom is 0.247 e. The predicted octanol–water partition coefficient (Wildman–Crippen LogP) is 0.883. The molecule has 1 fully saturated rings. The number of methoxy groups -OCH3 is 1. The maximum atomic E-state index is 11.6. The second-order valence-corrected chi connectivity index (χ2v) is 4.91. The van der Waals surface area contributed by atoms with Gasteiger partial charge in [-0.25, -0.2) is 0 Å². The quantitative estimate of drug-likeness (QED) is 0.836. The van der Waals surface area contributed by atoms with Gasteiger partial charge in [0.1, 0.15) is 0 Å². The van der Waals surface area contributed by atoms with Crippen molar-refractivity contribution in [3.05, 3.63) is 24.8 Å². The minimum absolute atomic E-state index is 0.0680. The molecule has 2 rings (SSSR count). The highest BCUT2D eigenvalue weighted by molar-refractivity contribution is 6.00. The first-order valence-electron chi connectivity index (χ1n) is 7.04. The van der Waals surface area contributed by atoms with Gasteiger partial charge in [0.25, 0.3) is 0 Å². The van der Waals surface area contributed by atoms with E-state index in [2.05, 4.69) is 16.9 Å². The molecule has 0 saturated carbocycles. The molecule has 1 aliphatic rings. The molecule has 0 spiro atoms. The SMILES string of the molecule is C=CC(=O)Nc1ccc(OC)nc1N1CCN(C(C)=O)CC1. The fraction of sp³-hybridized carbons (Fsp3) is 0.400. The van der Waals surface area contributed by atoms with Crippen molar-refractivity contribution in [2.75, 3.05) is 43.5 Å². The molecular weight excluding hydrogens is 284 g/mol. The number of carbonyl (C=O) groups excluding carboxylic acids is 2. The molecule has 1 saturated heterocycles. The van der Waals surface area contributed by atoms with Crippen molar-refractivity contribution in [3.63, 3.8) is 0 Å². The molecule has 118 valence electrons. The molecule has 22 heavy (non-hydrogen) atoms. The van der Waals surface area contributed by atoms with Gasteiger partial charge >= 0.3 is 0 Å². The number of nitrogens with zero attached hydrogens (tertiary/aromatic N) is 3. The van der Waals surface area contributed by atoms with Crippen LogP contribution in [0.1, 0.15) is 6.92 Å². The van der Waals surface area contributed by atoms with Crippen molar-refractivity contribution in [1.29, 1.82) is 0 Å². The van der Waals surface area contributed by atoms with Crippen molar-refractivity contribution >= 4 is 23.3 Å². The summed E-state index contributed by atoms with van der Waals surface area (Å²) in [6.07, 6.45) is 1.21. The van der Waals surface area contributed by atoms with Crippen LogP contribution in [0, 0.1) is 0 Å². The number of piperazine rings is 1. The minimum atomic E-state index is -0.296. The lowest BCUT2D eigenvalue weighted by Crippen LogP contribution is -2.48. The Morgan fingerprint density at radius 1 is 1.32 bits per heavy atom. The van der Waals surface area contributed by atoms with E-state index in [4.69, 9.17) is 4.74 Å². The summed E-state index contributed by atoms with van der Waals surface area (Å²) in [7, 11) is 1.54. The van der Waals surface area contributed by atoms with Crippen LogP contribution in [-0.2, 0) is 9.59 Å². The molecule has 2 heterocycles. The van der Waals surface area contributed by atoms with Crippen LogP contribution < -0.4 is 15.0 Å². The summed E-state index contributed by atoms with van der Waals surface area (Å²) < 4.78 is 5.16. The van der Waals surface area contributed by atoms with Gasteiger partial charge in [0.05, 0.1) is 12.8 Å². The second-order valence-electron chi connectivity index (χ2n) is 4.91. The molecule has 0 bridgehead atoms. The van der Waals surface area contributed by atoms with Crippen molar-refractivity contribution < 1.29 is 14.3 Å². The number of aromatic nitrogens is 1. The molecule has 0 aromatic carbocycles. The van der Waals surface area contributed by atoms with Gasteiger partial charge in [0, 0.05) is 39.2 Å². The molecule has 7 heteroatoms. The third-order valence-electron chi connectivity index (χ3n) is 3.53. The Morgan fingerprint density at radius 3 is 2.55 bits per heavy atom. The van der Waals surface area contributed by atoms with Crippen molar-refractivity contribution in [3.8, 4) is 5.88 Å². The van der Waals surface area contributed by atoms with Crippen molar-refractivity contribution in [1.82, 2.24) is 9.88 Å². The van der Waals surface area contributed by atoms with E-state index >= 15 is 0 Å². The number of nitrogens with one attached hydrogen (secondary N) is 1. The first kappa shape index (κ1) is 15.8. The largest absolute Gasteiger partial charge is 0.481 e. The van der Waals surface area contributed by atoms with Crippen LogP contribution in [0.3, 0.4) is 0 Å². The maximum absolute atomic E-state index is 11.6. The molecule has 1 N–H and O–H groups in total. The van der Waals surface area contributed by atoms with E-state index in [9.17, 15) is 9.59 Å². The number of hydrogen-bond acceptors (Lipinski definition) is 5. The Morgan fingerprint density at radius 2 is 2.00 bits per heavy atom. The summed E-state index contributed by atoms with van der Waals surface area (Å²) in [5.74, 6) is 0.882. The molecule has 2 amide bonds. The topological polar surface area (TPSA) is 74.8 Å². The minimum Gasteiger partial charge on any atom is -0.481 e. The number of rotatable bonds is 4. The van der Waals surface area contributed by atoms with E-state index in [1.807, 2.05) is 4.90 Å². The number of amides is 2. The third kappa shape index (κ3) is 3.55. The Hall–Kier alpha value is -2.57. The van der Waals surface area contributed by atoms with Crippen LogP contribution in [0.5, 0.6) is 5.88 Å². The first-order chi connectivity index (χ1) is 10.5. The lowest BCUT2D eigenvalue weighted by Gasteiger charge is -2.35. The van der Waals surface area contributed by atoms with Gasteiger partial charge in [0.2, 0.25) is 17.7 Å². The Labute approximate surface area is 129 Å². The summed E-state index contributed by atoms with van der Waals surface area (Å²) >= 11 is 0. The number of ether oxygens (including phenoxy) is 1. The zero-order valence-corrected chi connectivity index (χ0v) is 12.8. The monoisotopic (exact) mass is 304 g/mol. The highest BCUT2D eigenvalue weighted by atomic mass is 16.5. The van der Waals surface area contributed by atoms with Gasteiger partial charge in [-0.05, 0) is 12.1 Å². The van der Waals surface area contributed by atoms with Gasteiger partial charge in [-0.15, -0.1) is 0 Å². The van der Waals surface area contributed by atoms with Crippen LogP contribution in [-0.4, -0.2) is 55.0 Å².